The van der Waals surface area contributed by atoms with E-state index in [0.29, 0.717) is 12.4 Å². The van der Waals surface area contributed by atoms with Gasteiger partial charge >= 0.3 is 12.9 Å². The minimum atomic E-state index is -0.474. The molecule has 0 saturated heterocycles. The summed E-state index contributed by atoms with van der Waals surface area (Å²) in [6, 6.07) is 10.2. The number of benzene rings is 2. The van der Waals surface area contributed by atoms with Gasteiger partial charge < -0.3 is 19.2 Å². The Morgan fingerprint density at radius 1 is 1.30 bits per heavy atom. The maximum absolute atomic E-state index is 11.6. The first kappa shape index (κ1) is 15.4. The van der Waals surface area contributed by atoms with Gasteiger partial charge in [-0.2, -0.15) is 0 Å². The Morgan fingerprint density at radius 3 is 2.87 bits per heavy atom. The van der Waals surface area contributed by atoms with Crippen LogP contribution >= 0.6 is 0 Å². The van der Waals surface area contributed by atoms with Crippen molar-refractivity contribution in [3.8, 4) is 17.2 Å². The van der Waals surface area contributed by atoms with E-state index < -0.39 is 5.97 Å². The predicted octanol–water partition coefficient (Wildman–Crippen LogP) is 2.72. The first-order valence-corrected chi connectivity index (χ1v) is 7.51. The lowest BCUT2D eigenvalue weighted by Crippen LogP contribution is -2.23. The van der Waals surface area contributed by atoms with Gasteiger partial charge in [-0.15, -0.1) is 0 Å². The molecule has 2 aromatic carbocycles. The number of ether oxygens (including phenoxy) is 2. The molecule has 0 amide bonds. The van der Waals surface area contributed by atoms with E-state index in [4.69, 9.17) is 14.1 Å². The van der Waals surface area contributed by atoms with Crippen molar-refractivity contribution in [2.24, 2.45) is 0 Å². The summed E-state index contributed by atoms with van der Waals surface area (Å²) in [5.41, 5.74) is 2.52. The fourth-order valence-corrected chi connectivity index (χ4v) is 2.54. The molecule has 1 aliphatic heterocycles. The second-order valence-electron chi connectivity index (χ2n) is 5.32. The van der Waals surface area contributed by atoms with Gasteiger partial charge in [-0.1, -0.05) is 12.9 Å². The van der Waals surface area contributed by atoms with Gasteiger partial charge in [-0.3, -0.25) is 0 Å². The van der Waals surface area contributed by atoms with Crippen LogP contribution in [0.1, 0.15) is 22.8 Å². The molecule has 1 heterocycles. The Morgan fingerprint density at radius 2 is 2.13 bits per heavy atom. The van der Waals surface area contributed by atoms with Gasteiger partial charge in [0.15, 0.2) is 11.5 Å². The van der Waals surface area contributed by atoms with Crippen LogP contribution in [-0.2, 0) is 16.0 Å². The van der Waals surface area contributed by atoms with Crippen LogP contribution in [0, 0.1) is 0 Å². The number of rotatable bonds is 4. The van der Waals surface area contributed by atoms with Gasteiger partial charge in [0, 0.05) is 0 Å². The molecule has 0 fully saturated rings. The summed E-state index contributed by atoms with van der Waals surface area (Å²) in [5.74, 6) is 0.310. The first-order valence-electron chi connectivity index (χ1n) is 7.51. The lowest BCUT2D eigenvalue weighted by molar-refractivity contribution is 0.0526. The Labute approximate surface area is 134 Å². The third-order valence-corrected chi connectivity index (χ3v) is 3.74. The zero-order valence-corrected chi connectivity index (χ0v) is 13.0. The van der Waals surface area contributed by atoms with Crippen molar-refractivity contribution in [2.75, 3.05) is 6.61 Å². The molecule has 0 atom stereocenters. The molecule has 5 nitrogen and oxygen atoms in total. The van der Waals surface area contributed by atoms with E-state index >= 15 is 0 Å². The normalized spacial score (nSPS) is 12.9. The minimum absolute atomic E-state index is 0.0938. The standard InChI is InChI=1S/C17H17BO5/c1-3-21-17(20)11-4-7-16(15(19)9-11)23-13-5-6-14-12(8-13)10-22-18(14)2/h4-9,19H,3,10H2,1-2H3. The SMILES string of the molecule is CCOC(=O)c1ccc(Oc2ccc3c(c2)COB3C)c(O)c1. The largest absolute Gasteiger partial charge is 0.504 e. The molecule has 0 unspecified atom stereocenters. The van der Waals surface area contributed by atoms with Crippen LogP contribution in [0.15, 0.2) is 36.4 Å². The summed E-state index contributed by atoms with van der Waals surface area (Å²) < 4.78 is 16.2. The second kappa shape index (κ2) is 6.34. The van der Waals surface area contributed by atoms with E-state index in [1.54, 1.807) is 19.1 Å². The summed E-state index contributed by atoms with van der Waals surface area (Å²) in [5, 5.41) is 10.0. The lowest BCUT2D eigenvalue weighted by Gasteiger charge is -2.10. The van der Waals surface area contributed by atoms with E-state index in [1.165, 1.54) is 6.07 Å². The highest BCUT2D eigenvalue weighted by molar-refractivity contribution is 6.67. The average molecular weight is 312 g/mol. The zero-order chi connectivity index (χ0) is 16.4. The fraction of sp³-hybridized carbons (Fsp3) is 0.235. The average Bonchev–Trinajstić information content (AvgIpc) is 2.90. The highest BCUT2D eigenvalue weighted by Crippen LogP contribution is 2.32. The molecule has 0 aromatic heterocycles. The molecule has 0 saturated carbocycles. The molecule has 23 heavy (non-hydrogen) atoms. The molecule has 2 aromatic rings. The Balaban J connectivity index is 1.79. The van der Waals surface area contributed by atoms with Gasteiger partial charge in [-0.25, -0.2) is 4.79 Å². The van der Waals surface area contributed by atoms with E-state index in [-0.39, 0.29) is 30.6 Å². The summed E-state index contributed by atoms with van der Waals surface area (Å²) in [6.07, 6.45) is 0. The third-order valence-electron chi connectivity index (χ3n) is 3.74. The Hall–Kier alpha value is -2.47. The number of fused-ring (bicyclic) bond motifs is 1. The fourth-order valence-electron chi connectivity index (χ4n) is 2.54. The number of carbonyl (C=O) groups excluding carboxylic acids is 1. The van der Waals surface area contributed by atoms with Crippen molar-refractivity contribution in [1.29, 1.82) is 0 Å². The van der Waals surface area contributed by atoms with Crippen molar-refractivity contribution >= 4 is 18.3 Å². The van der Waals surface area contributed by atoms with Gasteiger partial charge in [-0.05, 0) is 48.3 Å². The Kier molecular flexibility index (Phi) is 4.25. The van der Waals surface area contributed by atoms with Crippen LogP contribution in [0.5, 0.6) is 17.2 Å². The van der Waals surface area contributed by atoms with Gasteiger partial charge in [0.2, 0.25) is 0 Å². The number of esters is 1. The molecule has 0 aliphatic carbocycles. The number of hydrogen-bond donors (Lipinski definition) is 1. The maximum atomic E-state index is 11.6. The molecule has 1 aliphatic rings. The Bertz CT molecular complexity index is 744. The summed E-state index contributed by atoms with van der Waals surface area (Å²) >= 11 is 0. The van der Waals surface area contributed by atoms with E-state index in [1.807, 2.05) is 25.0 Å². The summed E-state index contributed by atoms with van der Waals surface area (Å²) in [7, 11) is 0. The first-order chi connectivity index (χ1) is 11.1. The second-order valence-corrected chi connectivity index (χ2v) is 5.32. The van der Waals surface area contributed by atoms with Crippen molar-refractivity contribution in [1.82, 2.24) is 0 Å². The minimum Gasteiger partial charge on any atom is -0.504 e. The number of phenols is 1. The monoisotopic (exact) mass is 312 g/mol. The number of hydrogen-bond acceptors (Lipinski definition) is 5. The smallest absolute Gasteiger partial charge is 0.338 e. The molecule has 0 spiro atoms. The molecular formula is C17H17BO5. The van der Waals surface area contributed by atoms with E-state index in [9.17, 15) is 9.90 Å². The number of carbonyl (C=O) groups is 1. The van der Waals surface area contributed by atoms with Crippen molar-refractivity contribution in [3.05, 3.63) is 47.5 Å². The highest BCUT2D eigenvalue weighted by atomic mass is 16.5. The zero-order valence-electron chi connectivity index (χ0n) is 13.0. The van der Waals surface area contributed by atoms with Crippen molar-refractivity contribution in [2.45, 2.75) is 20.4 Å². The van der Waals surface area contributed by atoms with Crippen LogP contribution in [0.2, 0.25) is 6.82 Å². The van der Waals surface area contributed by atoms with Gasteiger partial charge in [0.1, 0.15) is 5.75 Å². The molecule has 0 bridgehead atoms. The van der Waals surface area contributed by atoms with Crippen LogP contribution < -0.4 is 10.2 Å². The molecular weight excluding hydrogens is 295 g/mol. The number of aromatic hydroxyl groups is 1. The molecule has 0 radical (unpaired) electrons. The van der Waals surface area contributed by atoms with Gasteiger partial charge in [0.05, 0.1) is 18.8 Å². The van der Waals surface area contributed by atoms with Crippen LogP contribution in [0.4, 0.5) is 0 Å². The van der Waals surface area contributed by atoms with Crippen LogP contribution in [-0.4, -0.2) is 24.6 Å². The quantitative estimate of drug-likeness (QED) is 0.694. The summed E-state index contributed by atoms with van der Waals surface area (Å²) in [6.45, 7) is 4.67. The molecule has 6 heteroatoms. The molecule has 3 rings (SSSR count). The summed E-state index contributed by atoms with van der Waals surface area (Å²) in [4.78, 5) is 11.6. The van der Waals surface area contributed by atoms with E-state index in [0.717, 1.165) is 11.0 Å². The topological polar surface area (TPSA) is 65.0 Å². The molecule has 1 N–H and O–H groups in total. The third kappa shape index (κ3) is 3.17. The highest BCUT2D eigenvalue weighted by Gasteiger charge is 2.23. The predicted molar refractivity (Wildman–Crippen MR) is 86.6 cm³/mol. The lowest BCUT2D eigenvalue weighted by atomic mass is 9.64. The van der Waals surface area contributed by atoms with E-state index in [2.05, 4.69) is 0 Å². The molecule has 118 valence electrons. The van der Waals surface area contributed by atoms with Crippen LogP contribution in [0.25, 0.3) is 0 Å². The van der Waals surface area contributed by atoms with Crippen LogP contribution in [0.3, 0.4) is 0 Å². The maximum Gasteiger partial charge on any atom is 0.338 e. The van der Waals surface area contributed by atoms with Crippen molar-refractivity contribution in [3.63, 3.8) is 0 Å². The number of phenolic OH excluding ortho intramolecular Hbond substituents is 1. The van der Waals surface area contributed by atoms with Gasteiger partial charge in [0.25, 0.3) is 0 Å². The van der Waals surface area contributed by atoms with Crippen molar-refractivity contribution < 1.29 is 24.0 Å².